The molecule has 0 amide bonds. The number of hydrogen-bond acceptors (Lipinski definition) is 3. The second-order valence-corrected chi connectivity index (χ2v) is 3.30. The number of nitrogens with two attached hydrogens (primary N) is 1. The zero-order chi connectivity index (χ0) is 12.8. The summed E-state index contributed by atoms with van der Waals surface area (Å²) < 4.78 is 12.9. The molecule has 0 spiro atoms. The van der Waals surface area contributed by atoms with Gasteiger partial charge in [0.25, 0.3) is 0 Å². The molecule has 5 heteroatoms. The van der Waals surface area contributed by atoms with Crippen molar-refractivity contribution >= 4 is 17.4 Å². The molecule has 0 unspecified atom stereocenters. The van der Waals surface area contributed by atoms with Crippen LogP contribution in [0.4, 0.5) is 10.2 Å². The zero-order valence-corrected chi connectivity index (χ0v) is 10.4. The van der Waals surface area contributed by atoms with Crippen molar-refractivity contribution in [1.29, 1.82) is 0 Å². The fraction of sp³-hybridized carbons (Fsp3) is 0.167. The van der Waals surface area contributed by atoms with Gasteiger partial charge in [-0.2, -0.15) is 0 Å². The highest BCUT2D eigenvalue weighted by Crippen LogP contribution is 2.24. The maximum absolute atomic E-state index is 12.9. The summed E-state index contributed by atoms with van der Waals surface area (Å²) in [5, 5.41) is 0.167. The van der Waals surface area contributed by atoms with Crippen LogP contribution in [0.5, 0.6) is 0 Å². The molecule has 0 saturated heterocycles. The fourth-order valence-corrected chi connectivity index (χ4v) is 1.46. The van der Waals surface area contributed by atoms with E-state index in [4.69, 9.17) is 17.3 Å². The SMILES string of the molecule is CC.Nc1cnc(-c2cccc(F)c2)c(Cl)n1. The minimum atomic E-state index is -0.345. The van der Waals surface area contributed by atoms with E-state index in [1.807, 2.05) is 13.8 Å². The molecule has 2 rings (SSSR count). The van der Waals surface area contributed by atoms with Gasteiger partial charge in [0.2, 0.25) is 0 Å². The van der Waals surface area contributed by atoms with Gasteiger partial charge in [0.15, 0.2) is 5.15 Å². The van der Waals surface area contributed by atoms with Crippen molar-refractivity contribution in [3.8, 4) is 11.3 Å². The number of nitrogen functional groups attached to an aromatic ring is 1. The lowest BCUT2D eigenvalue weighted by Gasteiger charge is -2.03. The molecular formula is C12H13ClFN3. The lowest BCUT2D eigenvalue weighted by Crippen LogP contribution is -1.95. The van der Waals surface area contributed by atoms with Crippen LogP contribution >= 0.6 is 11.6 Å². The molecule has 0 saturated carbocycles. The third kappa shape index (κ3) is 3.39. The van der Waals surface area contributed by atoms with Gasteiger partial charge in [0, 0.05) is 5.56 Å². The molecule has 0 aliphatic rings. The smallest absolute Gasteiger partial charge is 0.157 e. The Morgan fingerprint density at radius 1 is 1.29 bits per heavy atom. The summed E-state index contributed by atoms with van der Waals surface area (Å²) in [6, 6.07) is 5.97. The number of nitrogens with zero attached hydrogens (tertiary/aromatic N) is 2. The standard InChI is InChI=1S/C10H7ClFN3.C2H6/c11-10-9(14-5-8(13)15-10)6-2-1-3-7(12)4-6;1-2/h1-5H,(H2,13,15);1-2H3. The van der Waals surface area contributed by atoms with Crippen LogP contribution < -0.4 is 5.73 Å². The number of hydrogen-bond donors (Lipinski definition) is 1. The van der Waals surface area contributed by atoms with E-state index in [1.165, 1.54) is 18.3 Å². The quantitative estimate of drug-likeness (QED) is 0.846. The highest BCUT2D eigenvalue weighted by Gasteiger charge is 2.07. The Hall–Kier alpha value is -1.68. The van der Waals surface area contributed by atoms with Crippen LogP contribution in [0.15, 0.2) is 30.5 Å². The fourth-order valence-electron chi connectivity index (χ4n) is 1.21. The second kappa shape index (κ2) is 6.15. The Labute approximate surface area is 104 Å². The summed E-state index contributed by atoms with van der Waals surface area (Å²) in [7, 11) is 0. The summed E-state index contributed by atoms with van der Waals surface area (Å²) in [6.07, 6.45) is 1.38. The maximum atomic E-state index is 12.9. The summed E-state index contributed by atoms with van der Waals surface area (Å²) in [4.78, 5) is 7.84. The van der Waals surface area contributed by atoms with E-state index < -0.39 is 0 Å². The van der Waals surface area contributed by atoms with E-state index in [-0.39, 0.29) is 16.8 Å². The van der Waals surface area contributed by atoms with Gasteiger partial charge < -0.3 is 5.73 Å². The molecule has 1 aromatic carbocycles. The van der Waals surface area contributed by atoms with Crippen molar-refractivity contribution in [1.82, 2.24) is 9.97 Å². The molecular weight excluding hydrogens is 241 g/mol. The molecule has 2 aromatic rings. The Morgan fingerprint density at radius 3 is 2.59 bits per heavy atom. The summed E-state index contributed by atoms with van der Waals surface area (Å²) in [6.45, 7) is 4.00. The van der Waals surface area contributed by atoms with Crippen LogP contribution in [0, 0.1) is 5.82 Å². The number of halogens is 2. The minimum absolute atomic E-state index is 0.167. The molecule has 0 aliphatic carbocycles. The van der Waals surface area contributed by atoms with Crippen molar-refractivity contribution in [2.45, 2.75) is 13.8 Å². The van der Waals surface area contributed by atoms with Crippen LogP contribution in [0.3, 0.4) is 0 Å². The van der Waals surface area contributed by atoms with Gasteiger partial charge in [0.05, 0.1) is 6.20 Å². The summed E-state index contributed by atoms with van der Waals surface area (Å²) in [5.41, 5.74) is 6.40. The van der Waals surface area contributed by atoms with Crippen LogP contribution in [0.2, 0.25) is 5.15 Å². The monoisotopic (exact) mass is 253 g/mol. The van der Waals surface area contributed by atoms with Crippen molar-refractivity contribution in [3.63, 3.8) is 0 Å². The second-order valence-electron chi connectivity index (χ2n) is 2.94. The predicted molar refractivity (Wildman–Crippen MR) is 68.2 cm³/mol. The van der Waals surface area contributed by atoms with Gasteiger partial charge >= 0.3 is 0 Å². The van der Waals surface area contributed by atoms with Crippen LogP contribution in [-0.2, 0) is 0 Å². The Morgan fingerprint density at radius 2 is 2.00 bits per heavy atom. The molecule has 1 heterocycles. The largest absolute Gasteiger partial charge is 0.382 e. The van der Waals surface area contributed by atoms with Gasteiger partial charge in [-0.15, -0.1) is 0 Å². The molecule has 0 fully saturated rings. The average molecular weight is 254 g/mol. The first-order chi connectivity index (χ1) is 8.16. The molecule has 0 bridgehead atoms. The Bertz CT molecular complexity index is 503. The molecule has 1 aromatic heterocycles. The predicted octanol–water partition coefficient (Wildman–Crippen LogP) is 3.54. The summed E-state index contributed by atoms with van der Waals surface area (Å²) in [5.74, 6) is -0.109. The first kappa shape index (κ1) is 13.4. The lowest BCUT2D eigenvalue weighted by atomic mass is 10.1. The van der Waals surface area contributed by atoms with Crippen LogP contribution in [0.1, 0.15) is 13.8 Å². The number of aromatic nitrogens is 2. The average Bonchev–Trinajstić information content (AvgIpc) is 2.31. The minimum Gasteiger partial charge on any atom is -0.382 e. The zero-order valence-electron chi connectivity index (χ0n) is 9.61. The van der Waals surface area contributed by atoms with Crippen molar-refractivity contribution in [2.75, 3.05) is 5.73 Å². The highest BCUT2D eigenvalue weighted by molar-refractivity contribution is 6.31. The van der Waals surface area contributed by atoms with Crippen molar-refractivity contribution in [3.05, 3.63) is 41.4 Å². The van der Waals surface area contributed by atoms with Gasteiger partial charge in [-0.1, -0.05) is 37.6 Å². The molecule has 3 nitrogen and oxygen atoms in total. The number of rotatable bonds is 1. The molecule has 0 radical (unpaired) electrons. The molecule has 90 valence electrons. The molecule has 0 atom stereocenters. The highest BCUT2D eigenvalue weighted by atomic mass is 35.5. The topological polar surface area (TPSA) is 51.8 Å². The first-order valence-corrected chi connectivity index (χ1v) is 5.58. The van der Waals surface area contributed by atoms with E-state index in [2.05, 4.69) is 9.97 Å². The van der Waals surface area contributed by atoms with E-state index in [0.29, 0.717) is 11.3 Å². The summed E-state index contributed by atoms with van der Waals surface area (Å²) >= 11 is 5.84. The van der Waals surface area contributed by atoms with E-state index in [9.17, 15) is 4.39 Å². The number of anilines is 1. The molecule has 2 N–H and O–H groups in total. The van der Waals surface area contributed by atoms with Gasteiger partial charge in [-0.25, -0.2) is 14.4 Å². The first-order valence-electron chi connectivity index (χ1n) is 5.21. The molecule has 17 heavy (non-hydrogen) atoms. The Balaban J connectivity index is 0.000000686. The van der Waals surface area contributed by atoms with Crippen LogP contribution in [-0.4, -0.2) is 9.97 Å². The lowest BCUT2D eigenvalue weighted by molar-refractivity contribution is 0.628. The van der Waals surface area contributed by atoms with E-state index >= 15 is 0 Å². The third-order valence-electron chi connectivity index (χ3n) is 1.85. The van der Waals surface area contributed by atoms with E-state index in [0.717, 1.165) is 0 Å². The maximum Gasteiger partial charge on any atom is 0.157 e. The van der Waals surface area contributed by atoms with Gasteiger partial charge in [-0.05, 0) is 12.1 Å². The van der Waals surface area contributed by atoms with Crippen LogP contribution in [0.25, 0.3) is 11.3 Å². The van der Waals surface area contributed by atoms with Gasteiger partial charge in [-0.3, -0.25) is 0 Å². The van der Waals surface area contributed by atoms with Gasteiger partial charge in [0.1, 0.15) is 17.3 Å². The Kier molecular flexibility index (Phi) is 4.84. The van der Waals surface area contributed by atoms with E-state index in [1.54, 1.807) is 12.1 Å². The third-order valence-corrected chi connectivity index (χ3v) is 2.11. The van der Waals surface area contributed by atoms with Crippen molar-refractivity contribution in [2.24, 2.45) is 0 Å². The molecule has 0 aliphatic heterocycles. The van der Waals surface area contributed by atoms with Crippen molar-refractivity contribution < 1.29 is 4.39 Å². The number of benzene rings is 1. The normalized spacial score (nSPS) is 9.41.